The normalized spacial score (nSPS) is 18.0. The molecule has 1 aliphatic heterocycles. The van der Waals surface area contributed by atoms with Crippen LogP contribution in [0.25, 0.3) is 0 Å². The molecule has 1 aromatic rings. The van der Waals surface area contributed by atoms with Crippen molar-refractivity contribution in [2.45, 2.75) is 52.5 Å². The summed E-state index contributed by atoms with van der Waals surface area (Å²) in [6, 6.07) is 5.49. The van der Waals surface area contributed by atoms with Crippen LogP contribution in [0, 0.1) is 5.92 Å². The molecule has 0 saturated carbocycles. The van der Waals surface area contributed by atoms with Crippen molar-refractivity contribution in [1.29, 1.82) is 0 Å². The number of carbonyl (C=O) groups excluding carboxylic acids is 1. The fourth-order valence-corrected chi connectivity index (χ4v) is 2.95. The minimum atomic E-state index is -0.874. The third kappa shape index (κ3) is 3.16. The molecule has 1 unspecified atom stereocenters. The van der Waals surface area contributed by atoms with Gasteiger partial charge in [-0.1, -0.05) is 46.8 Å². The summed E-state index contributed by atoms with van der Waals surface area (Å²) in [4.78, 5) is 25.6. The van der Waals surface area contributed by atoms with Crippen molar-refractivity contribution in [2.24, 2.45) is 5.92 Å². The Morgan fingerprint density at radius 1 is 1.32 bits per heavy atom. The lowest BCUT2D eigenvalue weighted by Gasteiger charge is -2.26. The molecular formula is C18H25NO3. The smallest absolute Gasteiger partial charge is 0.305 e. The molecule has 4 nitrogen and oxygen atoms in total. The molecule has 0 spiro atoms. The maximum absolute atomic E-state index is 12.6. The lowest BCUT2D eigenvalue weighted by molar-refractivity contribution is -0.138. The number of fused-ring (bicyclic) bond motifs is 1. The highest BCUT2D eigenvalue weighted by molar-refractivity contribution is 5.99. The number of carboxylic acid groups (broad SMARTS) is 1. The van der Waals surface area contributed by atoms with Crippen molar-refractivity contribution in [3.05, 3.63) is 34.9 Å². The van der Waals surface area contributed by atoms with E-state index in [1.165, 1.54) is 0 Å². The van der Waals surface area contributed by atoms with Crippen LogP contribution in [-0.4, -0.2) is 28.4 Å². The van der Waals surface area contributed by atoms with Gasteiger partial charge in [0.05, 0.1) is 12.5 Å². The second-order valence-corrected chi connectivity index (χ2v) is 7.52. The molecule has 1 amide bonds. The number of hydrogen-bond donors (Lipinski definition) is 1. The van der Waals surface area contributed by atoms with Gasteiger partial charge in [-0.3, -0.25) is 9.59 Å². The largest absolute Gasteiger partial charge is 0.481 e. The van der Waals surface area contributed by atoms with Crippen molar-refractivity contribution in [3.63, 3.8) is 0 Å². The topological polar surface area (TPSA) is 57.6 Å². The predicted molar refractivity (Wildman–Crippen MR) is 86.0 cm³/mol. The van der Waals surface area contributed by atoms with Gasteiger partial charge in [-0.25, -0.2) is 0 Å². The van der Waals surface area contributed by atoms with Gasteiger partial charge < -0.3 is 10.0 Å². The molecule has 1 heterocycles. The molecule has 0 aliphatic carbocycles. The standard InChI is InChI=1S/C18H25NO3/c1-11(2)10-19-15(9-16(20)21)14-8-12(18(3,4)5)6-7-13(14)17(19)22/h6-8,11,15H,9-10H2,1-5H3,(H,20,21). The Hall–Kier alpha value is -1.84. The Balaban J connectivity index is 2.48. The van der Waals surface area contributed by atoms with Gasteiger partial charge in [0.15, 0.2) is 0 Å². The van der Waals surface area contributed by atoms with E-state index in [-0.39, 0.29) is 23.8 Å². The first-order valence-electron chi connectivity index (χ1n) is 7.78. The van der Waals surface area contributed by atoms with Gasteiger partial charge >= 0.3 is 5.97 Å². The van der Waals surface area contributed by atoms with Crippen LogP contribution in [0.1, 0.15) is 68.6 Å². The van der Waals surface area contributed by atoms with Crippen LogP contribution in [0.3, 0.4) is 0 Å². The van der Waals surface area contributed by atoms with Crippen molar-refractivity contribution < 1.29 is 14.7 Å². The molecule has 0 saturated heterocycles. The summed E-state index contributed by atoms with van der Waals surface area (Å²) in [6.07, 6.45) is -0.0426. The summed E-state index contributed by atoms with van der Waals surface area (Å²) in [5.74, 6) is -0.618. The van der Waals surface area contributed by atoms with E-state index >= 15 is 0 Å². The second kappa shape index (κ2) is 5.75. The fraction of sp³-hybridized carbons (Fsp3) is 0.556. The van der Waals surface area contributed by atoms with Crippen LogP contribution in [0.2, 0.25) is 0 Å². The lowest BCUT2D eigenvalue weighted by Crippen LogP contribution is -2.32. The molecule has 4 heteroatoms. The summed E-state index contributed by atoms with van der Waals surface area (Å²) >= 11 is 0. The van der Waals surface area contributed by atoms with Gasteiger partial charge in [-0.05, 0) is 28.5 Å². The van der Waals surface area contributed by atoms with Crippen LogP contribution < -0.4 is 0 Å². The molecule has 2 rings (SSSR count). The molecular weight excluding hydrogens is 278 g/mol. The number of carboxylic acids is 1. The van der Waals surface area contributed by atoms with E-state index in [4.69, 9.17) is 0 Å². The third-order valence-electron chi connectivity index (χ3n) is 4.07. The van der Waals surface area contributed by atoms with E-state index in [2.05, 4.69) is 20.8 Å². The van der Waals surface area contributed by atoms with Gasteiger partial charge in [-0.15, -0.1) is 0 Å². The van der Waals surface area contributed by atoms with E-state index in [9.17, 15) is 14.7 Å². The summed E-state index contributed by atoms with van der Waals surface area (Å²) < 4.78 is 0. The molecule has 0 fully saturated rings. The Bertz CT molecular complexity index is 599. The number of carbonyl (C=O) groups is 2. The molecule has 22 heavy (non-hydrogen) atoms. The van der Waals surface area contributed by atoms with Crippen LogP contribution >= 0.6 is 0 Å². The average molecular weight is 303 g/mol. The van der Waals surface area contributed by atoms with Crippen molar-refractivity contribution in [3.8, 4) is 0 Å². The zero-order valence-corrected chi connectivity index (χ0v) is 14.0. The quantitative estimate of drug-likeness (QED) is 0.924. The van der Waals surface area contributed by atoms with E-state index < -0.39 is 5.97 Å². The van der Waals surface area contributed by atoms with Crippen LogP contribution in [0.15, 0.2) is 18.2 Å². The Kier molecular flexibility index (Phi) is 4.32. The average Bonchev–Trinajstić information content (AvgIpc) is 2.62. The van der Waals surface area contributed by atoms with E-state index in [1.807, 2.05) is 32.0 Å². The number of aliphatic carboxylic acids is 1. The van der Waals surface area contributed by atoms with Gasteiger partial charge in [0.2, 0.25) is 0 Å². The van der Waals surface area contributed by atoms with Crippen LogP contribution in [-0.2, 0) is 10.2 Å². The van der Waals surface area contributed by atoms with E-state index in [0.29, 0.717) is 18.0 Å². The first-order chi connectivity index (χ1) is 10.1. The minimum Gasteiger partial charge on any atom is -0.481 e. The van der Waals surface area contributed by atoms with Gasteiger partial charge in [0.25, 0.3) is 5.91 Å². The summed E-state index contributed by atoms with van der Waals surface area (Å²) in [6.45, 7) is 11.0. The summed E-state index contributed by atoms with van der Waals surface area (Å²) in [5.41, 5.74) is 2.61. The molecule has 1 aliphatic rings. The SMILES string of the molecule is CC(C)CN1C(=O)c2ccc(C(C)(C)C)cc2C1CC(=O)O. The minimum absolute atomic E-state index is 0.0304. The van der Waals surface area contributed by atoms with Gasteiger partial charge in [0, 0.05) is 12.1 Å². The Labute approximate surface area is 132 Å². The maximum atomic E-state index is 12.6. The fourth-order valence-electron chi connectivity index (χ4n) is 2.95. The number of nitrogens with zero attached hydrogens (tertiary/aromatic N) is 1. The van der Waals surface area contributed by atoms with Gasteiger partial charge in [-0.2, -0.15) is 0 Å². The molecule has 1 atom stereocenters. The first-order valence-corrected chi connectivity index (χ1v) is 7.78. The van der Waals surface area contributed by atoms with Crippen molar-refractivity contribution in [1.82, 2.24) is 4.90 Å². The molecule has 0 bridgehead atoms. The molecule has 0 radical (unpaired) electrons. The zero-order valence-electron chi connectivity index (χ0n) is 14.0. The zero-order chi connectivity index (χ0) is 16.7. The summed E-state index contributed by atoms with van der Waals surface area (Å²) in [7, 11) is 0. The van der Waals surface area contributed by atoms with Crippen molar-refractivity contribution in [2.75, 3.05) is 6.54 Å². The lowest BCUT2D eigenvalue weighted by atomic mass is 9.84. The Morgan fingerprint density at radius 2 is 1.95 bits per heavy atom. The molecule has 120 valence electrons. The third-order valence-corrected chi connectivity index (χ3v) is 4.07. The number of amides is 1. The highest BCUT2D eigenvalue weighted by Gasteiger charge is 2.38. The Morgan fingerprint density at radius 3 is 2.45 bits per heavy atom. The number of rotatable bonds is 4. The van der Waals surface area contributed by atoms with Crippen LogP contribution in [0.4, 0.5) is 0 Å². The predicted octanol–water partition coefficient (Wildman–Crippen LogP) is 3.61. The molecule has 1 aromatic carbocycles. The number of benzene rings is 1. The molecule has 1 N–H and O–H groups in total. The first kappa shape index (κ1) is 16.5. The van der Waals surface area contributed by atoms with Crippen LogP contribution in [0.5, 0.6) is 0 Å². The van der Waals surface area contributed by atoms with E-state index in [1.54, 1.807) is 4.90 Å². The monoisotopic (exact) mass is 303 g/mol. The maximum Gasteiger partial charge on any atom is 0.305 e. The highest BCUT2D eigenvalue weighted by Crippen LogP contribution is 2.38. The van der Waals surface area contributed by atoms with E-state index in [0.717, 1.165) is 11.1 Å². The van der Waals surface area contributed by atoms with Crippen molar-refractivity contribution >= 4 is 11.9 Å². The number of hydrogen-bond acceptors (Lipinski definition) is 2. The summed E-state index contributed by atoms with van der Waals surface area (Å²) in [5, 5.41) is 9.23. The van der Waals surface area contributed by atoms with Gasteiger partial charge in [0.1, 0.15) is 0 Å². The second-order valence-electron chi connectivity index (χ2n) is 7.52. The highest BCUT2D eigenvalue weighted by atomic mass is 16.4. The molecule has 0 aromatic heterocycles.